The van der Waals surface area contributed by atoms with Crippen molar-refractivity contribution in [3.05, 3.63) is 53.6 Å². The van der Waals surface area contributed by atoms with Gasteiger partial charge in [0.1, 0.15) is 5.75 Å². The van der Waals surface area contributed by atoms with Gasteiger partial charge in [-0.2, -0.15) is 0 Å². The molecule has 1 amide bonds. The molecule has 0 heterocycles. The van der Waals surface area contributed by atoms with Gasteiger partial charge in [0.15, 0.2) is 0 Å². The van der Waals surface area contributed by atoms with Crippen LogP contribution in [0, 0.1) is 6.92 Å². The standard InChI is InChI=1S/C16H18N2O2/c1-11-4-3-5-12(8-11)9-16(19)18-15-10-13(20-2)6-7-14(15)17/h3-8,10H,9,17H2,1-2H3,(H,18,19). The van der Waals surface area contributed by atoms with Gasteiger partial charge in [-0.15, -0.1) is 0 Å². The fourth-order valence-electron chi connectivity index (χ4n) is 1.97. The normalized spacial score (nSPS) is 10.1. The minimum Gasteiger partial charge on any atom is -0.497 e. The van der Waals surface area contributed by atoms with Crippen LogP contribution in [0.1, 0.15) is 11.1 Å². The maximum atomic E-state index is 12.0. The van der Waals surface area contributed by atoms with Gasteiger partial charge in [-0.1, -0.05) is 29.8 Å². The lowest BCUT2D eigenvalue weighted by atomic mass is 10.1. The monoisotopic (exact) mass is 270 g/mol. The number of nitrogens with two attached hydrogens (primary N) is 1. The number of hydrogen-bond donors (Lipinski definition) is 2. The summed E-state index contributed by atoms with van der Waals surface area (Å²) in [5.41, 5.74) is 9.04. The van der Waals surface area contributed by atoms with E-state index in [1.807, 2.05) is 31.2 Å². The number of amides is 1. The fourth-order valence-corrected chi connectivity index (χ4v) is 1.97. The third-order valence-corrected chi connectivity index (χ3v) is 2.98. The zero-order chi connectivity index (χ0) is 14.5. The van der Waals surface area contributed by atoms with Crippen molar-refractivity contribution in [1.82, 2.24) is 0 Å². The predicted octanol–water partition coefficient (Wildman–Crippen LogP) is 2.77. The van der Waals surface area contributed by atoms with Crippen molar-refractivity contribution in [1.29, 1.82) is 0 Å². The van der Waals surface area contributed by atoms with E-state index in [1.165, 1.54) is 0 Å². The molecule has 2 aromatic carbocycles. The summed E-state index contributed by atoms with van der Waals surface area (Å²) in [7, 11) is 1.57. The Bertz CT molecular complexity index is 624. The van der Waals surface area contributed by atoms with E-state index in [1.54, 1.807) is 25.3 Å². The van der Waals surface area contributed by atoms with Crippen LogP contribution in [0.3, 0.4) is 0 Å². The van der Waals surface area contributed by atoms with E-state index >= 15 is 0 Å². The van der Waals surface area contributed by atoms with Crippen LogP contribution in [-0.2, 0) is 11.2 Å². The van der Waals surface area contributed by atoms with Gasteiger partial charge < -0.3 is 15.8 Å². The Labute approximate surface area is 118 Å². The Kier molecular flexibility index (Phi) is 4.25. The topological polar surface area (TPSA) is 64.3 Å². The smallest absolute Gasteiger partial charge is 0.228 e. The summed E-state index contributed by atoms with van der Waals surface area (Å²) in [5, 5.41) is 2.81. The van der Waals surface area contributed by atoms with Gasteiger partial charge in [0.05, 0.1) is 24.9 Å². The molecule has 4 heteroatoms. The molecule has 0 aromatic heterocycles. The summed E-state index contributed by atoms with van der Waals surface area (Å²) in [4.78, 5) is 12.0. The maximum Gasteiger partial charge on any atom is 0.228 e. The van der Waals surface area contributed by atoms with E-state index in [4.69, 9.17) is 10.5 Å². The lowest BCUT2D eigenvalue weighted by Gasteiger charge is -2.10. The van der Waals surface area contributed by atoms with Crippen molar-refractivity contribution in [3.63, 3.8) is 0 Å². The van der Waals surface area contributed by atoms with Crippen LogP contribution in [0.2, 0.25) is 0 Å². The molecular weight excluding hydrogens is 252 g/mol. The van der Waals surface area contributed by atoms with Gasteiger partial charge in [0.25, 0.3) is 0 Å². The Morgan fingerprint density at radius 1 is 1.25 bits per heavy atom. The molecule has 0 saturated heterocycles. The van der Waals surface area contributed by atoms with E-state index in [0.717, 1.165) is 11.1 Å². The summed E-state index contributed by atoms with van der Waals surface area (Å²) in [6.45, 7) is 2.00. The van der Waals surface area contributed by atoms with E-state index < -0.39 is 0 Å². The van der Waals surface area contributed by atoms with Crippen LogP contribution in [0.5, 0.6) is 5.75 Å². The molecule has 0 fully saturated rings. The van der Waals surface area contributed by atoms with Crippen molar-refractivity contribution in [2.45, 2.75) is 13.3 Å². The molecule has 0 aliphatic carbocycles. The molecule has 0 bridgehead atoms. The maximum absolute atomic E-state index is 12.0. The number of rotatable bonds is 4. The molecule has 0 aliphatic rings. The molecule has 0 spiro atoms. The van der Waals surface area contributed by atoms with Crippen molar-refractivity contribution in [2.75, 3.05) is 18.2 Å². The van der Waals surface area contributed by atoms with E-state index in [0.29, 0.717) is 23.5 Å². The zero-order valence-corrected chi connectivity index (χ0v) is 11.6. The fraction of sp³-hybridized carbons (Fsp3) is 0.188. The minimum absolute atomic E-state index is 0.101. The molecule has 2 aromatic rings. The lowest BCUT2D eigenvalue weighted by Crippen LogP contribution is -2.15. The number of nitrogens with one attached hydrogen (secondary N) is 1. The predicted molar refractivity (Wildman–Crippen MR) is 80.9 cm³/mol. The Morgan fingerprint density at radius 3 is 2.75 bits per heavy atom. The molecule has 20 heavy (non-hydrogen) atoms. The Hall–Kier alpha value is -2.49. The molecular formula is C16H18N2O2. The molecule has 2 rings (SSSR count). The Balaban J connectivity index is 2.08. The largest absolute Gasteiger partial charge is 0.497 e. The first-order valence-corrected chi connectivity index (χ1v) is 6.37. The first-order chi connectivity index (χ1) is 9.58. The molecule has 0 radical (unpaired) electrons. The molecule has 0 aliphatic heterocycles. The Morgan fingerprint density at radius 2 is 2.05 bits per heavy atom. The molecule has 0 saturated carbocycles. The number of anilines is 2. The number of carbonyl (C=O) groups excluding carboxylic acids is 1. The van der Waals surface area contributed by atoms with E-state index in [2.05, 4.69) is 5.32 Å². The first kappa shape index (κ1) is 13.9. The van der Waals surface area contributed by atoms with Crippen molar-refractivity contribution in [3.8, 4) is 5.75 Å². The van der Waals surface area contributed by atoms with Crippen LogP contribution in [0.25, 0.3) is 0 Å². The number of hydrogen-bond acceptors (Lipinski definition) is 3. The van der Waals surface area contributed by atoms with Gasteiger partial charge in [-0.3, -0.25) is 4.79 Å². The molecule has 3 N–H and O–H groups in total. The van der Waals surface area contributed by atoms with E-state index in [-0.39, 0.29) is 5.91 Å². The van der Waals surface area contributed by atoms with Crippen LogP contribution < -0.4 is 15.8 Å². The molecule has 104 valence electrons. The number of nitrogen functional groups attached to an aromatic ring is 1. The highest BCUT2D eigenvalue weighted by Gasteiger charge is 2.07. The quantitative estimate of drug-likeness (QED) is 0.840. The molecule has 0 atom stereocenters. The SMILES string of the molecule is COc1ccc(N)c(NC(=O)Cc2cccc(C)c2)c1. The van der Waals surface area contributed by atoms with E-state index in [9.17, 15) is 4.79 Å². The average molecular weight is 270 g/mol. The number of methoxy groups -OCH3 is 1. The van der Waals surface area contributed by atoms with Crippen LogP contribution >= 0.6 is 0 Å². The zero-order valence-electron chi connectivity index (χ0n) is 11.6. The average Bonchev–Trinajstić information content (AvgIpc) is 2.41. The highest BCUT2D eigenvalue weighted by Crippen LogP contribution is 2.24. The summed E-state index contributed by atoms with van der Waals surface area (Å²) in [6, 6.07) is 13.0. The summed E-state index contributed by atoms with van der Waals surface area (Å²) >= 11 is 0. The minimum atomic E-state index is -0.101. The number of carbonyl (C=O) groups is 1. The third kappa shape index (κ3) is 3.51. The van der Waals surface area contributed by atoms with Crippen molar-refractivity contribution in [2.24, 2.45) is 0 Å². The van der Waals surface area contributed by atoms with Gasteiger partial charge in [0.2, 0.25) is 5.91 Å². The highest BCUT2D eigenvalue weighted by molar-refractivity contribution is 5.95. The first-order valence-electron chi connectivity index (χ1n) is 6.37. The third-order valence-electron chi connectivity index (χ3n) is 2.98. The number of benzene rings is 2. The molecule has 4 nitrogen and oxygen atoms in total. The lowest BCUT2D eigenvalue weighted by molar-refractivity contribution is -0.115. The van der Waals surface area contributed by atoms with Gasteiger partial charge >= 0.3 is 0 Å². The van der Waals surface area contributed by atoms with Crippen LogP contribution in [0.15, 0.2) is 42.5 Å². The second kappa shape index (κ2) is 6.10. The van der Waals surface area contributed by atoms with Gasteiger partial charge in [-0.25, -0.2) is 0 Å². The second-order valence-electron chi connectivity index (χ2n) is 4.67. The van der Waals surface area contributed by atoms with Crippen molar-refractivity contribution >= 4 is 17.3 Å². The van der Waals surface area contributed by atoms with Crippen LogP contribution in [0.4, 0.5) is 11.4 Å². The summed E-state index contributed by atoms with van der Waals surface area (Å²) < 4.78 is 5.12. The summed E-state index contributed by atoms with van der Waals surface area (Å²) in [6.07, 6.45) is 0.318. The highest BCUT2D eigenvalue weighted by atomic mass is 16.5. The second-order valence-corrected chi connectivity index (χ2v) is 4.67. The summed E-state index contributed by atoms with van der Waals surface area (Å²) in [5.74, 6) is 0.556. The number of ether oxygens (including phenoxy) is 1. The van der Waals surface area contributed by atoms with Crippen molar-refractivity contribution < 1.29 is 9.53 Å². The molecule has 0 unspecified atom stereocenters. The van der Waals surface area contributed by atoms with Gasteiger partial charge in [0, 0.05) is 6.07 Å². The van der Waals surface area contributed by atoms with Gasteiger partial charge in [-0.05, 0) is 24.6 Å². The number of aryl methyl sites for hydroxylation is 1. The van der Waals surface area contributed by atoms with Crippen LogP contribution in [-0.4, -0.2) is 13.0 Å².